The lowest BCUT2D eigenvalue weighted by molar-refractivity contribution is -0.299. The van der Waals surface area contributed by atoms with E-state index < -0.39 is 23.8 Å². The van der Waals surface area contributed by atoms with Crippen LogP contribution in [0.15, 0.2) is 35.1 Å². The highest BCUT2D eigenvalue weighted by Crippen LogP contribution is 2.23. The first-order valence-electron chi connectivity index (χ1n) is 4.68. The van der Waals surface area contributed by atoms with Crippen molar-refractivity contribution in [3.63, 3.8) is 0 Å². The monoisotopic (exact) mass is 273 g/mol. The molecule has 0 bridgehead atoms. The molecule has 0 aliphatic heterocycles. The molecule has 1 rings (SSSR count). The zero-order valence-corrected chi connectivity index (χ0v) is 9.14. The first kappa shape index (κ1) is 14.4. The molecule has 0 atom stereocenters. The summed E-state index contributed by atoms with van der Waals surface area (Å²) in [4.78, 5) is 13.1. The second kappa shape index (κ2) is 5.78. The molecule has 9 heteroatoms. The molecule has 0 aliphatic rings. The number of hydrogen-bond acceptors (Lipinski definition) is 5. The van der Waals surface area contributed by atoms with Crippen molar-refractivity contribution in [2.75, 3.05) is 0 Å². The molecular formula is C10H6F3N3O3. The minimum absolute atomic E-state index is 0.237. The van der Waals surface area contributed by atoms with E-state index in [-0.39, 0.29) is 5.56 Å². The molecule has 0 heterocycles. The molecule has 6 nitrogen and oxygen atoms in total. The van der Waals surface area contributed by atoms with Gasteiger partial charge >= 0.3 is 6.36 Å². The Morgan fingerprint density at radius 3 is 2.37 bits per heavy atom. The van der Waals surface area contributed by atoms with Gasteiger partial charge in [-0.25, -0.2) is 0 Å². The Balaban J connectivity index is 2.95. The number of carboxylic acids is 1. The number of aliphatic carboxylic acids is 1. The number of alkyl halides is 3. The van der Waals surface area contributed by atoms with Gasteiger partial charge in [0.15, 0.2) is 10.8 Å². The lowest BCUT2D eigenvalue weighted by atomic mass is 10.2. The van der Waals surface area contributed by atoms with Crippen molar-refractivity contribution in [3.8, 4) is 5.75 Å². The third-order valence-electron chi connectivity index (χ3n) is 1.78. The highest BCUT2D eigenvalue weighted by molar-refractivity contribution is 5.89. The number of rotatable bonds is 4. The summed E-state index contributed by atoms with van der Waals surface area (Å²) in [6, 6.07) is 4.38. The quantitative estimate of drug-likeness (QED) is 0.507. The number of halogens is 3. The number of nitrogens with one attached hydrogen (secondary N) is 1. The average molecular weight is 273 g/mol. The number of nitrogens with zero attached hydrogens (tertiary/aromatic N) is 2. The van der Waals surface area contributed by atoms with E-state index in [1.165, 1.54) is 12.1 Å². The molecule has 0 unspecified atom stereocenters. The summed E-state index contributed by atoms with van der Waals surface area (Å²) in [5.41, 5.74) is 6.02. The summed E-state index contributed by atoms with van der Waals surface area (Å²) in [6.07, 6.45) is -3.81. The van der Waals surface area contributed by atoms with Gasteiger partial charge in [-0.15, -0.1) is 13.2 Å². The van der Waals surface area contributed by atoms with Crippen LogP contribution in [0.2, 0.25) is 0 Å². The Hall–Kier alpha value is -2.67. The zero-order valence-electron chi connectivity index (χ0n) is 9.14. The molecular weight excluding hydrogens is 267 g/mol. The van der Waals surface area contributed by atoms with Crippen LogP contribution < -0.4 is 14.8 Å². The Morgan fingerprint density at radius 2 is 1.95 bits per heavy atom. The second-order valence-electron chi connectivity index (χ2n) is 3.13. The number of carbonyl (C=O) groups excluding carboxylic acids is 1. The van der Waals surface area contributed by atoms with Gasteiger partial charge in [0.2, 0.25) is 4.91 Å². The van der Waals surface area contributed by atoms with E-state index in [0.29, 0.717) is 0 Å². The van der Waals surface area contributed by atoms with Crippen molar-refractivity contribution in [2.24, 2.45) is 5.11 Å². The smallest absolute Gasteiger partial charge is 0.543 e. The van der Waals surface area contributed by atoms with Gasteiger partial charge in [0.25, 0.3) is 0 Å². The minimum Gasteiger partial charge on any atom is -0.543 e. The first-order chi connectivity index (χ1) is 8.81. The third kappa shape index (κ3) is 5.00. The Morgan fingerprint density at radius 1 is 1.37 bits per heavy atom. The Kier molecular flexibility index (Phi) is 4.38. The maximum Gasteiger partial charge on any atom is 0.573 e. The summed E-state index contributed by atoms with van der Waals surface area (Å²) in [6.45, 7) is 0. The van der Waals surface area contributed by atoms with Crippen molar-refractivity contribution in [1.82, 2.24) is 4.91 Å². The Bertz CT molecular complexity index is 541. The van der Waals surface area contributed by atoms with Crippen molar-refractivity contribution < 1.29 is 27.8 Å². The largest absolute Gasteiger partial charge is 0.573 e. The van der Waals surface area contributed by atoms with Crippen molar-refractivity contribution in [1.29, 1.82) is 5.53 Å². The van der Waals surface area contributed by atoms with Crippen LogP contribution in [0.4, 0.5) is 13.2 Å². The fourth-order valence-corrected chi connectivity index (χ4v) is 1.11. The summed E-state index contributed by atoms with van der Waals surface area (Å²) in [5.74, 6) is -2.10. The summed E-state index contributed by atoms with van der Waals surface area (Å²) >= 11 is 0. The van der Waals surface area contributed by atoms with Crippen LogP contribution in [-0.2, 0) is 4.79 Å². The maximum absolute atomic E-state index is 11.9. The molecule has 1 aromatic rings. The van der Waals surface area contributed by atoms with Gasteiger partial charge in [0.05, 0.1) is 5.97 Å². The molecule has 100 valence electrons. The van der Waals surface area contributed by atoms with Gasteiger partial charge in [-0.05, 0) is 23.8 Å². The molecule has 0 fully saturated rings. The van der Waals surface area contributed by atoms with Crippen LogP contribution in [0.3, 0.4) is 0 Å². The third-order valence-corrected chi connectivity index (χ3v) is 1.78. The van der Waals surface area contributed by atoms with Gasteiger partial charge in [0, 0.05) is 0 Å². The number of carboxylic acid groups (broad SMARTS) is 1. The van der Waals surface area contributed by atoms with Gasteiger partial charge in [0.1, 0.15) is 11.3 Å². The summed E-state index contributed by atoms with van der Waals surface area (Å²) in [5, 5.41) is 13.5. The van der Waals surface area contributed by atoms with E-state index in [4.69, 9.17) is 5.53 Å². The van der Waals surface area contributed by atoms with E-state index in [0.717, 1.165) is 18.2 Å². The van der Waals surface area contributed by atoms with Crippen LogP contribution in [-0.4, -0.2) is 12.3 Å². The normalized spacial score (nSPS) is 11.6. The molecule has 0 spiro atoms. The predicted octanol–water partition coefficient (Wildman–Crippen LogP) is 1.23. The molecule has 0 amide bonds. The number of hydrogen-bond donors (Lipinski definition) is 1. The molecule has 0 aromatic heterocycles. The topological polar surface area (TPSA) is 99.7 Å². The fourth-order valence-electron chi connectivity index (χ4n) is 1.11. The first-order valence-corrected chi connectivity index (χ1v) is 4.68. The van der Waals surface area contributed by atoms with Crippen molar-refractivity contribution in [3.05, 3.63) is 35.5 Å². The number of ether oxygens (including phenoxy) is 1. The van der Waals surface area contributed by atoms with Gasteiger partial charge < -0.3 is 14.6 Å². The molecule has 19 heavy (non-hydrogen) atoms. The maximum atomic E-state index is 11.9. The van der Waals surface area contributed by atoms with E-state index >= 15 is 0 Å². The molecule has 1 N–H and O–H groups in total. The standard InChI is InChI=1S/C10H6F3N3O3/c11-10(12,13)19-7-3-1-6(2-4-7)5-8(9(17)18)15-16-14/h1-5,14H. The van der Waals surface area contributed by atoms with Gasteiger partial charge in [-0.1, -0.05) is 12.1 Å². The van der Waals surface area contributed by atoms with Crippen LogP contribution in [0, 0.1) is 5.53 Å². The number of benzene rings is 1. The number of carbonyl (C=O) groups is 1. The highest BCUT2D eigenvalue weighted by Gasteiger charge is 2.30. The predicted molar refractivity (Wildman–Crippen MR) is 53.4 cm³/mol. The fraction of sp³-hybridized carbons (Fsp3) is 0.100. The van der Waals surface area contributed by atoms with Gasteiger partial charge in [-0.3, -0.25) is 0 Å². The van der Waals surface area contributed by atoms with Crippen molar-refractivity contribution >= 4 is 12.0 Å². The van der Waals surface area contributed by atoms with Crippen LogP contribution in [0.25, 0.3) is 6.08 Å². The molecule has 1 aromatic carbocycles. The summed E-state index contributed by atoms with van der Waals surface area (Å²) < 4.78 is 39.3. The Labute approximate surface area is 104 Å². The molecule has 0 saturated heterocycles. The van der Waals surface area contributed by atoms with Crippen LogP contribution in [0.5, 0.6) is 5.75 Å². The van der Waals surface area contributed by atoms with Gasteiger partial charge in [-0.2, -0.15) is 0 Å². The van der Waals surface area contributed by atoms with Crippen LogP contribution >= 0.6 is 0 Å². The van der Waals surface area contributed by atoms with E-state index in [9.17, 15) is 23.1 Å². The average Bonchev–Trinajstić information content (AvgIpc) is 2.29. The van der Waals surface area contributed by atoms with E-state index in [1.54, 1.807) is 0 Å². The highest BCUT2D eigenvalue weighted by atomic mass is 19.4. The lowest BCUT2D eigenvalue weighted by Gasteiger charge is -2.08. The molecule has 0 radical (unpaired) electrons. The molecule has 0 saturated carbocycles. The minimum atomic E-state index is -4.80. The van der Waals surface area contributed by atoms with Crippen molar-refractivity contribution in [2.45, 2.75) is 6.36 Å². The summed E-state index contributed by atoms with van der Waals surface area (Å²) in [7, 11) is 0. The lowest BCUT2D eigenvalue weighted by Crippen LogP contribution is -2.23. The van der Waals surface area contributed by atoms with E-state index in [2.05, 4.69) is 14.8 Å². The zero-order chi connectivity index (χ0) is 14.5. The van der Waals surface area contributed by atoms with Crippen LogP contribution in [0.1, 0.15) is 5.56 Å². The second-order valence-corrected chi connectivity index (χ2v) is 3.13. The molecule has 0 aliphatic carbocycles. The van der Waals surface area contributed by atoms with E-state index in [1.807, 2.05) is 0 Å². The SMILES string of the molecule is N=[N+]=NC(=Cc1ccc(OC(F)(F)F)cc1)C(=O)[O-].